The number of nitro benzene ring substituents is 1. The van der Waals surface area contributed by atoms with Crippen molar-refractivity contribution in [1.82, 2.24) is 0 Å². The molecule has 0 saturated heterocycles. The van der Waals surface area contributed by atoms with Gasteiger partial charge in [-0.05, 0) is 41.8 Å². The summed E-state index contributed by atoms with van der Waals surface area (Å²) >= 11 is 3.52. The Labute approximate surface area is 188 Å². The second kappa shape index (κ2) is 9.92. The third-order valence-electron chi connectivity index (χ3n) is 4.59. The Kier molecular flexibility index (Phi) is 7.06. The number of hydrogen-bond acceptors (Lipinski definition) is 5. The van der Waals surface area contributed by atoms with E-state index in [-0.39, 0.29) is 5.69 Å². The summed E-state index contributed by atoms with van der Waals surface area (Å²) in [5.74, 6) is 1.07. The zero-order chi connectivity index (χ0) is 22.4. The molecule has 3 rings (SSSR count). The minimum Gasteiger partial charge on any atom is -0.493 e. The number of halogens is 1. The number of nitriles is 1. The van der Waals surface area contributed by atoms with Crippen LogP contribution < -0.4 is 9.47 Å². The van der Waals surface area contributed by atoms with Crippen LogP contribution in [0.15, 0.2) is 65.1 Å². The predicted molar refractivity (Wildman–Crippen MR) is 123 cm³/mol. The number of ether oxygens (including phenoxy) is 2. The number of aryl methyl sites for hydroxylation is 1. The highest BCUT2D eigenvalue weighted by Gasteiger charge is 2.13. The first kappa shape index (κ1) is 22.1. The summed E-state index contributed by atoms with van der Waals surface area (Å²) in [6.07, 6.45) is 1.65. The molecule has 0 radical (unpaired) electrons. The molecule has 3 aromatic carbocycles. The van der Waals surface area contributed by atoms with Crippen molar-refractivity contribution in [3.63, 3.8) is 0 Å². The van der Waals surface area contributed by atoms with E-state index in [4.69, 9.17) is 9.47 Å². The largest absolute Gasteiger partial charge is 0.493 e. The van der Waals surface area contributed by atoms with Crippen molar-refractivity contribution in [3.8, 4) is 17.6 Å². The van der Waals surface area contributed by atoms with Crippen molar-refractivity contribution in [1.29, 1.82) is 5.26 Å². The number of non-ortho nitro benzene ring substituents is 1. The molecule has 31 heavy (non-hydrogen) atoms. The van der Waals surface area contributed by atoms with Gasteiger partial charge in [-0.2, -0.15) is 5.26 Å². The lowest BCUT2D eigenvalue weighted by Gasteiger charge is -2.13. The first-order valence-corrected chi connectivity index (χ1v) is 10.1. The van der Waals surface area contributed by atoms with Gasteiger partial charge in [-0.1, -0.05) is 57.9 Å². The van der Waals surface area contributed by atoms with Crippen molar-refractivity contribution >= 4 is 33.3 Å². The molecule has 0 saturated carbocycles. The molecule has 0 fully saturated rings. The van der Waals surface area contributed by atoms with Crippen LogP contribution in [-0.2, 0) is 6.61 Å². The van der Waals surface area contributed by atoms with Crippen molar-refractivity contribution in [2.24, 2.45) is 0 Å². The lowest BCUT2D eigenvalue weighted by Crippen LogP contribution is -1.98. The van der Waals surface area contributed by atoms with Gasteiger partial charge in [0.25, 0.3) is 5.69 Å². The van der Waals surface area contributed by atoms with Crippen molar-refractivity contribution in [2.75, 3.05) is 7.11 Å². The van der Waals surface area contributed by atoms with Crippen LogP contribution in [-0.4, -0.2) is 12.0 Å². The first-order chi connectivity index (χ1) is 14.9. The van der Waals surface area contributed by atoms with Crippen LogP contribution in [0.4, 0.5) is 5.69 Å². The molecule has 6 nitrogen and oxygen atoms in total. The fraction of sp³-hybridized carbons (Fsp3) is 0.125. The molecular formula is C24H19BrN2O4. The lowest BCUT2D eigenvalue weighted by molar-refractivity contribution is -0.384. The Morgan fingerprint density at radius 2 is 1.90 bits per heavy atom. The van der Waals surface area contributed by atoms with Gasteiger partial charge in [-0.3, -0.25) is 10.1 Å². The van der Waals surface area contributed by atoms with Gasteiger partial charge < -0.3 is 9.47 Å². The maximum absolute atomic E-state index is 11.0. The molecule has 7 heteroatoms. The van der Waals surface area contributed by atoms with Gasteiger partial charge in [0.1, 0.15) is 6.61 Å². The van der Waals surface area contributed by atoms with Gasteiger partial charge >= 0.3 is 0 Å². The van der Waals surface area contributed by atoms with Gasteiger partial charge in [0.05, 0.1) is 23.7 Å². The van der Waals surface area contributed by atoms with Crippen LogP contribution in [0.2, 0.25) is 0 Å². The number of hydrogen-bond donors (Lipinski definition) is 0. The molecule has 0 unspecified atom stereocenters. The maximum atomic E-state index is 11.0. The molecule has 0 aromatic heterocycles. The SMILES string of the molecule is COc1cc(/C=C(/C#N)c2cccc([N+](=O)[O-])c2)c(Br)cc1OCc1ccc(C)cc1. The van der Waals surface area contributed by atoms with Crippen molar-refractivity contribution in [3.05, 3.63) is 97.5 Å². The second-order valence-corrected chi connectivity index (χ2v) is 7.63. The normalized spacial score (nSPS) is 11.0. The zero-order valence-corrected chi connectivity index (χ0v) is 18.5. The third kappa shape index (κ3) is 5.50. The highest BCUT2D eigenvalue weighted by molar-refractivity contribution is 9.10. The van der Waals surface area contributed by atoms with E-state index in [1.807, 2.05) is 31.2 Å². The Morgan fingerprint density at radius 1 is 1.16 bits per heavy atom. The average Bonchev–Trinajstić information content (AvgIpc) is 2.78. The monoisotopic (exact) mass is 478 g/mol. The molecule has 0 spiro atoms. The van der Waals surface area contributed by atoms with E-state index in [1.165, 1.54) is 17.7 Å². The van der Waals surface area contributed by atoms with Gasteiger partial charge in [0.15, 0.2) is 11.5 Å². The number of rotatable bonds is 7. The fourth-order valence-electron chi connectivity index (χ4n) is 2.90. The molecule has 156 valence electrons. The molecule has 0 N–H and O–H groups in total. The summed E-state index contributed by atoms with van der Waals surface area (Å²) in [5, 5.41) is 20.7. The highest BCUT2D eigenvalue weighted by atomic mass is 79.9. The minimum atomic E-state index is -0.488. The molecule has 3 aromatic rings. The number of allylic oxidation sites excluding steroid dienone is 1. The molecule has 0 heterocycles. The number of methoxy groups -OCH3 is 1. The predicted octanol–water partition coefficient (Wildman–Crippen LogP) is 6.32. The van der Waals surface area contributed by atoms with Crippen molar-refractivity contribution in [2.45, 2.75) is 13.5 Å². The van der Waals surface area contributed by atoms with Crippen LogP contribution in [0.1, 0.15) is 22.3 Å². The number of nitrogens with zero attached hydrogens (tertiary/aromatic N) is 2. The van der Waals surface area contributed by atoms with Crippen LogP contribution in [0.3, 0.4) is 0 Å². The Morgan fingerprint density at radius 3 is 2.55 bits per heavy atom. The summed E-state index contributed by atoms with van der Waals surface area (Å²) < 4.78 is 12.1. The summed E-state index contributed by atoms with van der Waals surface area (Å²) in [5.41, 5.74) is 3.57. The molecule has 0 aliphatic heterocycles. The van der Waals surface area contributed by atoms with E-state index in [0.717, 1.165) is 5.56 Å². The van der Waals surface area contributed by atoms with Gasteiger partial charge in [0.2, 0.25) is 0 Å². The molecule has 0 amide bonds. The van der Waals surface area contributed by atoms with Gasteiger partial charge in [-0.25, -0.2) is 0 Å². The van der Waals surface area contributed by atoms with E-state index in [1.54, 1.807) is 37.5 Å². The molecule has 0 bridgehead atoms. The Hall–Kier alpha value is -3.63. The molecule has 0 atom stereocenters. The zero-order valence-electron chi connectivity index (χ0n) is 17.0. The molecule has 0 aliphatic rings. The quantitative estimate of drug-likeness (QED) is 0.171. The van der Waals surface area contributed by atoms with Crippen molar-refractivity contribution < 1.29 is 14.4 Å². The van der Waals surface area contributed by atoms with E-state index < -0.39 is 4.92 Å². The van der Waals surface area contributed by atoms with E-state index >= 15 is 0 Å². The average molecular weight is 479 g/mol. The first-order valence-electron chi connectivity index (χ1n) is 9.33. The maximum Gasteiger partial charge on any atom is 0.270 e. The number of benzene rings is 3. The summed E-state index contributed by atoms with van der Waals surface area (Å²) in [4.78, 5) is 10.6. The third-order valence-corrected chi connectivity index (χ3v) is 5.27. The van der Waals surface area contributed by atoms with E-state index in [2.05, 4.69) is 22.0 Å². The topological polar surface area (TPSA) is 85.4 Å². The standard InChI is InChI=1S/C24H19BrN2O4/c1-16-6-8-17(9-7-16)15-31-24-13-22(25)19(12-23(24)30-2)10-20(14-26)18-4-3-5-21(11-18)27(28)29/h3-13H,15H2,1-2H3/b20-10-. The Bertz CT molecular complexity index is 1180. The Balaban J connectivity index is 1.91. The van der Waals surface area contributed by atoms with Crippen LogP contribution in [0, 0.1) is 28.4 Å². The summed E-state index contributed by atoms with van der Waals surface area (Å²) in [6, 6.07) is 19.7. The minimum absolute atomic E-state index is 0.0739. The van der Waals surface area contributed by atoms with Gasteiger partial charge in [0, 0.05) is 16.6 Å². The fourth-order valence-corrected chi connectivity index (χ4v) is 3.34. The lowest BCUT2D eigenvalue weighted by atomic mass is 10.0. The van der Waals surface area contributed by atoms with E-state index in [9.17, 15) is 15.4 Å². The van der Waals surface area contributed by atoms with Crippen LogP contribution in [0.25, 0.3) is 11.6 Å². The molecular weight excluding hydrogens is 460 g/mol. The highest BCUT2D eigenvalue weighted by Crippen LogP contribution is 2.36. The second-order valence-electron chi connectivity index (χ2n) is 6.78. The number of nitro groups is 1. The smallest absolute Gasteiger partial charge is 0.270 e. The van der Waals surface area contributed by atoms with Crippen LogP contribution >= 0.6 is 15.9 Å². The molecule has 0 aliphatic carbocycles. The van der Waals surface area contributed by atoms with Gasteiger partial charge in [-0.15, -0.1) is 0 Å². The van der Waals surface area contributed by atoms with Crippen LogP contribution in [0.5, 0.6) is 11.5 Å². The summed E-state index contributed by atoms with van der Waals surface area (Å²) in [6.45, 7) is 2.41. The summed E-state index contributed by atoms with van der Waals surface area (Å²) in [7, 11) is 1.54. The van der Waals surface area contributed by atoms with E-state index in [0.29, 0.717) is 39.3 Å².